The van der Waals surface area contributed by atoms with Gasteiger partial charge in [-0.05, 0) is 26.0 Å². The Morgan fingerprint density at radius 1 is 1.21 bits per heavy atom. The zero-order valence-corrected chi connectivity index (χ0v) is 11.2. The molecule has 102 valence electrons. The maximum atomic E-state index is 5.70. The number of para-hydroxylation sites is 2. The Kier molecular flexibility index (Phi) is 4.22. The highest BCUT2D eigenvalue weighted by atomic mass is 16.5. The van der Waals surface area contributed by atoms with E-state index in [1.165, 1.54) is 0 Å². The first-order valence-corrected chi connectivity index (χ1v) is 6.22. The highest BCUT2D eigenvalue weighted by Crippen LogP contribution is 2.26. The summed E-state index contributed by atoms with van der Waals surface area (Å²) < 4.78 is 12.9. The molecular formula is C13H18N4O2. The van der Waals surface area contributed by atoms with E-state index in [2.05, 4.69) is 10.3 Å². The summed E-state index contributed by atoms with van der Waals surface area (Å²) in [7, 11) is 0. The predicted octanol–water partition coefficient (Wildman–Crippen LogP) is 1.65. The van der Waals surface area contributed by atoms with Crippen LogP contribution >= 0.6 is 0 Å². The zero-order chi connectivity index (χ0) is 13.7. The van der Waals surface area contributed by atoms with Gasteiger partial charge in [0.25, 0.3) is 0 Å². The monoisotopic (exact) mass is 262 g/mol. The Morgan fingerprint density at radius 2 is 1.89 bits per heavy atom. The first kappa shape index (κ1) is 13.2. The molecular weight excluding hydrogens is 244 g/mol. The van der Waals surface area contributed by atoms with Gasteiger partial charge in [-0.15, -0.1) is 5.10 Å². The lowest BCUT2D eigenvalue weighted by atomic mass is 10.3. The smallest absolute Gasteiger partial charge is 0.168 e. The topological polar surface area (TPSA) is 75.2 Å². The molecule has 2 N–H and O–H groups in total. The minimum atomic E-state index is 0.453. The van der Waals surface area contributed by atoms with Crippen LogP contribution in [0.15, 0.2) is 24.3 Å². The largest absolute Gasteiger partial charge is 0.490 e. The molecule has 19 heavy (non-hydrogen) atoms. The van der Waals surface area contributed by atoms with E-state index in [9.17, 15) is 0 Å². The second-order valence-electron chi connectivity index (χ2n) is 4.01. The number of nitrogen functional groups attached to an aromatic ring is 1. The molecule has 1 heterocycles. The van der Waals surface area contributed by atoms with Crippen molar-refractivity contribution in [3.8, 4) is 11.5 Å². The number of aromatic nitrogens is 3. The second-order valence-corrected chi connectivity index (χ2v) is 4.01. The molecule has 0 saturated heterocycles. The summed E-state index contributed by atoms with van der Waals surface area (Å²) in [5.41, 5.74) is 6.48. The summed E-state index contributed by atoms with van der Waals surface area (Å²) in [6.45, 7) is 5.51. The first-order chi connectivity index (χ1) is 9.22. The number of hydrogen-bond donors (Lipinski definition) is 1. The lowest BCUT2D eigenvalue weighted by molar-refractivity contribution is 0.260. The minimum Gasteiger partial charge on any atom is -0.490 e. The molecule has 6 heteroatoms. The number of benzene rings is 1. The third-order valence-corrected chi connectivity index (χ3v) is 2.73. The fourth-order valence-electron chi connectivity index (χ4n) is 1.67. The molecule has 0 spiro atoms. The van der Waals surface area contributed by atoms with E-state index in [1.807, 2.05) is 38.1 Å². The van der Waals surface area contributed by atoms with Gasteiger partial charge in [-0.25, -0.2) is 4.68 Å². The van der Waals surface area contributed by atoms with Gasteiger partial charge >= 0.3 is 0 Å². The van der Waals surface area contributed by atoms with Crippen molar-refractivity contribution in [2.45, 2.75) is 20.4 Å². The normalized spacial score (nSPS) is 10.4. The molecule has 2 rings (SSSR count). The number of anilines is 1. The Hall–Kier alpha value is -2.24. The number of nitrogens with two attached hydrogens (primary N) is 1. The average Bonchev–Trinajstić information content (AvgIpc) is 2.73. The maximum Gasteiger partial charge on any atom is 0.168 e. The number of rotatable bonds is 6. The van der Waals surface area contributed by atoms with E-state index < -0.39 is 0 Å². The lowest BCUT2D eigenvalue weighted by Crippen LogP contribution is -2.11. The molecule has 6 nitrogen and oxygen atoms in total. The van der Waals surface area contributed by atoms with Crippen LogP contribution in [0.4, 0.5) is 5.82 Å². The van der Waals surface area contributed by atoms with Gasteiger partial charge in [0.15, 0.2) is 17.3 Å². The summed E-state index contributed by atoms with van der Waals surface area (Å²) in [5, 5.41) is 7.73. The molecule has 0 unspecified atom stereocenters. The fourth-order valence-corrected chi connectivity index (χ4v) is 1.67. The molecule has 0 saturated carbocycles. The van der Waals surface area contributed by atoms with Crippen LogP contribution in [0.25, 0.3) is 0 Å². The molecule has 0 fully saturated rings. The summed E-state index contributed by atoms with van der Waals surface area (Å²) in [4.78, 5) is 0. The Balaban J connectivity index is 1.94. The molecule has 2 aromatic rings. The van der Waals surface area contributed by atoms with Gasteiger partial charge in [-0.3, -0.25) is 0 Å². The van der Waals surface area contributed by atoms with Crippen LogP contribution in [0.2, 0.25) is 0 Å². The molecule has 0 amide bonds. The van der Waals surface area contributed by atoms with Crippen LogP contribution in [0.1, 0.15) is 12.6 Å². The Morgan fingerprint density at radius 3 is 2.47 bits per heavy atom. The molecule has 0 aliphatic rings. The van der Waals surface area contributed by atoms with Gasteiger partial charge in [-0.2, -0.15) is 0 Å². The average molecular weight is 262 g/mol. The van der Waals surface area contributed by atoms with Crippen LogP contribution in [0, 0.1) is 6.92 Å². The van der Waals surface area contributed by atoms with Crippen molar-refractivity contribution in [1.82, 2.24) is 15.0 Å². The van der Waals surface area contributed by atoms with E-state index in [-0.39, 0.29) is 0 Å². The SMILES string of the molecule is CCOc1ccccc1OCCn1nnc(N)c1C. The highest BCUT2D eigenvalue weighted by molar-refractivity contribution is 5.39. The third kappa shape index (κ3) is 3.15. The minimum absolute atomic E-state index is 0.453. The van der Waals surface area contributed by atoms with Gasteiger partial charge < -0.3 is 15.2 Å². The maximum absolute atomic E-state index is 5.70. The number of nitrogens with zero attached hydrogens (tertiary/aromatic N) is 3. The van der Waals surface area contributed by atoms with Crippen molar-refractivity contribution in [1.29, 1.82) is 0 Å². The van der Waals surface area contributed by atoms with Crippen molar-refractivity contribution in [2.75, 3.05) is 18.9 Å². The van der Waals surface area contributed by atoms with Crippen LogP contribution in [0.3, 0.4) is 0 Å². The van der Waals surface area contributed by atoms with Crippen molar-refractivity contribution in [3.63, 3.8) is 0 Å². The molecule has 1 aromatic heterocycles. The van der Waals surface area contributed by atoms with Gasteiger partial charge in [0.1, 0.15) is 6.61 Å². The third-order valence-electron chi connectivity index (χ3n) is 2.73. The van der Waals surface area contributed by atoms with Crippen LogP contribution < -0.4 is 15.2 Å². The van der Waals surface area contributed by atoms with Gasteiger partial charge in [0.2, 0.25) is 0 Å². The van der Waals surface area contributed by atoms with Gasteiger partial charge in [0, 0.05) is 0 Å². The predicted molar refractivity (Wildman–Crippen MR) is 72.3 cm³/mol. The van der Waals surface area contributed by atoms with E-state index >= 15 is 0 Å². The van der Waals surface area contributed by atoms with Crippen molar-refractivity contribution < 1.29 is 9.47 Å². The quantitative estimate of drug-likeness (QED) is 0.856. The van der Waals surface area contributed by atoms with E-state index in [0.29, 0.717) is 25.6 Å². The molecule has 1 aromatic carbocycles. The zero-order valence-electron chi connectivity index (χ0n) is 11.2. The van der Waals surface area contributed by atoms with Crippen LogP contribution in [0.5, 0.6) is 11.5 Å². The van der Waals surface area contributed by atoms with Crippen LogP contribution in [-0.4, -0.2) is 28.2 Å². The van der Waals surface area contributed by atoms with Crippen molar-refractivity contribution in [3.05, 3.63) is 30.0 Å². The second kappa shape index (κ2) is 6.08. The summed E-state index contributed by atoms with van der Waals surface area (Å²) in [6.07, 6.45) is 0. The standard InChI is InChI=1S/C13H18N4O2/c1-3-18-11-6-4-5-7-12(11)19-9-8-17-10(2)13(14)15-16-17/h4-7H,3,8-9,14H2,1-2H3. The molecule has 0 bridgehead atoms. The number of ether oxygens (including phenoxy) is 2. The Bertz CT molecular complexity index is 539. The highest BCUT2D eigenvalue weighted by Gasteiger charge is 2.06. The molecule has 0 radical (unpaired) electrons. The van der Waals surface area contributed by atoms with E-state index in [4.69, 9.17) is 15.2 Å². The lowest BCUT2D eigenvalue weighted by Gasteiger charge is -2.11. The van der Waals surface area contributed by atoms with Crippen molar-refractivity contribution in [2.24, 2.45) is 0 Å². The molecule has 0 atom stereocenters. The molecule has 0 aliphatic carbocycles. The van der Waals surface area contributed by atoms with Gasteiger partial charge in [-0.1, -0.05) is 17.3 Å². The van der Waals surface area contributed by atoms with E-state index in [0.717, 1.165) is 17.2 Å². The van der Waals surface area contributed by atoms with E-state index in [1.54, 1.807) is 4.68 Å². The molecule has 0 aliphatic heterocycles. The van der Waals surface area contributed by atoms with Gasteiger partial charge in [0.05, 0.1) is 18.8 Å². The van der Waals surface area contributed by atoms with Crippen molar-refractivity contribution >= 4 is 5.82 Å². The summed E-state index contributed by atoms with van der Waals surface area (Å²) in [5.74, 6) is 1.93. The number of hydrogen-bond acceptors (Lipinski definition) is 5. The fraction of sp³-hybridized carbons (Fsp3) is 0.385. The summed E-state index contributed by atoms with van der Waals surface area (Å²) >= 11 is 0. The first-order valence-electron chi connectivity index (χ1n) is 6.22. The van der Waals surface area contributed by atoms with Crippen LogP contribution in [-0.2, 0) is 6.54 Å². The Labute approximate surface area is 112 Å². The summed E-state index contributed by atoms with van der Waals surface area (Å²) in [6, 6.07) is 7.60.